The quantitative estimate of drug-likeness (QED) is 0.737. The molecule has 8 heteroatoms. The van der Waals surface area contributed by atoms with Gasteiger partial charge in [0.2, 0.25) is 0 Å². The smallest absolute Gasteiger partial charge is 0.374 e. The van der Waals surface area contributed by atoms with E-state index < -0.39 is 47.2 Å². The molecule has 0 amide bonds. The second kappa shape index (κ2) is 5.00. The van der Waals surface area contributed by atoms with Crippen molar-refractivity contribution in [2.75, 3.05) is 0 Å². The lowest BCUT2D eigenvalue weighted by Gasteiger charge is -2.59. The van der Waals surface area contributed by atoms with Gasteiger partial charge in [0, 0.05) is 11.8 Å². The van der Waals surface area contributed by atoms with E-state index in [1.54, 1.807) is 0 Å². The van der Waals surface area contributed by atoms with Gasteiger partial charge in [-0.2, -0.15) is 26.3 Å². The minimum atomic E-state index is -5.69. The minimum Gasteiger partial charge on any atom is -0.389 e. The molecule has 23 heavy (non-hydrogen) atoms. The lowest BCUT2D eigenvalue weighted by atomic mass is 9.53. The molecule has 2 aliphatic carbocycles. The van der Waals surface area contributed by atoms with Crippen LogP contribution in [-0.4, -0.2) is 39.2 Å². The van der Waals surface area contributed by atoms with Crippen molar-refractivity contribution in [3.05, 3.63) is 0 Å². The topological polar surface area (TPSA) is 40.5 Å². The number of hydrogen-bond donors (Lipinski definition) is 2. The van der Waals surface area contributed by atoms with E-state index >= 15 is 0 Å². The second-order valence-corrected chi connectivity index (χ2v) is 7.43. The summed E-state index contributed by atoms with van der Waals surface area (Å²) in [5, 5.41) is 21.2. The Hall–Kier alpha value is -0.500. The largest absolute Gasteiger partial charge is 0.389 e. The van der Waals surface area contributed by atoms with Crippen LogP contribution in [0.1, 0.15) is 58.8 Å². The predicted molar refractivity (Wildman–Crippen MR) is 70.8 cm³/mol. The molecular weight excluding hydrogens is 326 g/mol. The van der Waals surface area contributed by atoms with E-state index in [4.69, 9.17) is 0 Å². The predicted octanol–water partition coefficient (Wildman–Crippen LogP) is 4.14. The maximum atomic E-state index is 14.4. The van der Waals surface area contributed by atoms with Gasteiger partial charge in [-0.1, -0.05) is 33.1 Å². The van der Waals surface area contributed by atoms with Gasteiger partial charge in [-0.3, -0.25) is 0 Å². The van der Waals surface area contributed by atoms with Crippen molar-refractivity contribution in [2.45, 2.75) is 87.8 Å². The molecule has 0 aromatic rings. The molecule has 0 radical (unpaired) electrons. The minimum absolute atomic E-state index is 0.0559. The molecule has 0 aromatic carbocycles. The maximum Gasteiger partial charge on any atom is 0.374 e. The molecule has 0 aliphatic heterocycles. The van der Waals surface area contributed by atoms with Gasteiger partial charge in [-0.15, -0.1) is 0 Å². The van der Waals surface area contributed by atoms with Crippen LogP contribution in [0.5, 0.6) is 0 Å². The molecule has 1 atom stereocenters. The maximum absolute atomic E-state index is 14.4. The molecule has 0 bridgehead atoms. The third-order valence-corrected chi connectivity index (χ3v) is 6.05. The van der Waals surface area contributed by atoms with E-state index in [1.807, 2.05) is 0 Å². The van der Waals surface area contributed by atoms with Gasteiger partial charge in [0.05, 0.1) is 5.60 Å². The molecule has 2 fully saturated rings. The van der Waals surface area contributed by atoms with Crippen LogP contribution < -0.4 is 0 Å². The normalized spacial score (nSPS) is 35.7. The first-order valence-electron chi connectivity index (χ1n) is 7.75. The first-order valence-corrected chi connectivity index (χ1v) is 7.75. The zero-order valence-corrected chi connectivity index (χ0v) is 13.1. The Kier molecular flexibility index (Phi) is 4.10. The average Bonchev–Trinajstić information content (AvgIpc) is 2.43. The summed E-state index contributed by atoms with van der Waals surface area (Å²) in [5.74, 6) is -16.0. The van der Waals surface area contributed by atoms with Crippen LogP contribution in [0.3, 0.4) is 0 Å². The molecule has 2 rings (SSSR count). The summed E-state index contributed by atoms with van der Waals surface area (Å²) in [6, 6.07) is 0. The Morgan fingerprint density at radius 2 is 1.17 bits per heavy atom. The summed E-state index contributed by atoms with van der Waals surface area (Å²) in [6.45, 7) is 2.12. The highest BCUT2D eigenvalue weighted by Crippen LogP contribution is 2.65. The molecule has 2 N–H and O–H groups in total. The van der Waals surface area contributed by atoms with E-state index in [-0.39, 0.29) is 12.8 Å². The number of rotatable bonds is 2. The molecule has 0 saturated heterocycles. The van der Waals surface area contributed by atoms with Crippen molar-refractivity contribution in [3.8, 4) is 0 Å². The van der Waals surface area contributed by atoms with Crippen LogP contribution in [0.25, 0.3) is 0 Å². The monoisotopic (exact) mass is 348 g/mol. The Morgan fingerprint density at radius 3 is 1.65 bits per heavy atom. The van der Waals surface area contributed by atoms with Crippen molar-refractivity contribution in [2.24, 2.45) is 5.41 Å². The number of aliphatic hydroxyl groups is 2. The Morgan fingerprint density at radius 1 is 0.696 bits per heavy atom. The average molecular weight is 348 g/mol. The fourth-order valence-electron chi connectivity index (χ4n) is 3.99. The lowest BCUT2D eigenvalue weighted by molar-refractivity contribution is -0.408. The van der Waals surface area contributed by atoms with Gasteiger partial charge in [-0.05, 0) is 19.3 Å². The van der Waals surface area contributed by atoms with E-state index in [1.165, 1.54) is 0 Å². The van der Waals surface area contributed by atoms with Gasteiger partial charge in [0.1, 0.15) is 5.60 Å². The molecule has 2 aliphatic rings. The van der Waals surface area contributed by atoms with Gasteiger partial charge >= 0.3 is 17.8 Å². The summed E-state index contributed by atoms with van der Waals surface area (Å²) >= 11 is 0. The van der Waals surface area contributed by atoms with E-state index in [0.29, 0.717) is 12.8 Å². The molecule has 2 nitrogen and oxygen atoms in total. The summed E-state index contributed by atoms with van der Waals surface area (Å²) in [5.41, 5.74) is -7.33. The molecule has 2 saturated carbocycles. The Labute approximate surface area is 130 Å². The van der Waals surface area contributed by atoms with Crippen molar-refractivity contribution in [3.63, 3.8) is 0 Å². The zero-order chi connectivity index (χ0) is 17.9. The molecule has 0 heterocycles. The highest BCUT2D eigenvalue weighted by atomic mass is 19.3. The fourth-order valence-corrected chi connectivity index (χ4v) is 3.99. The fraction of sp³-hybridized carbons (Fsp3) is 1.00. The van der Waals surface area contributed by atoms with Crippen LogP contribution in [0, 0.1) is 5.41 Å². The van der Waals surface area contributed by atoms with Crippen molar-refractivity contribution < 1.29 is 36.6 Å². The molecule has 1 unspecified atom stereocenters. The highest BCUT2D eigenvalue weighted by Gasteiger charge is 2.84. The number of hydrogen-bond acceptors (Lipinski definition) is 2. The highest BCUT2D eigenvalue weighted by molar-refractivity contribution is 5.20. The third-order valence-electron chi connectivity index (χ3n) is 6.05. The van der Waals surface area contributed by atoms with E-state index in [0.717, 1.165) is 20.3 Å². The second-order valence-electron chi connectivity index (χ2n) is 7.43. The van der Waals surface area contributed by atoms with Gasteiger partial charge in [0.15, 0.2) is 0 Å². The number of halogens is 6. The van der Waals surface area contributed by atoms with E-state index in [2.05, 4.69) is 0 Å². The third kappa shape index (κ3) is 2.16. The van der Waals surface area contributed by atoms with Crippen LogP contribution in [-0.2, 0) is 0 Å². The van der Waals surface area contributed by atoms with E-state index in [9.17, 15) is 36.6 Å². The van der Waals surface area contributed by atoms with Crippen LogP contribution >= 0.6 is 0 Å². The summed E-state index contributed by atoms with van der Waals surface area (Å²) in [7, 11) is 0. The Balaban J connectivity index is 2.52. The zero-order valence-electron chi connectivity index (χ0n) is 13.1. The molecule has 0 spiro atoms. The first-order chi connectivity index (χ1) is 10.2. The van der Waals surface area contributed by atoms with Gasteiger partial charge < -0.3 is 10.2 Å². The van der Waals surface area contributed by atoms with Gasteiger partial charge in [-0.25, -0.2) is 0 Å². The molecular formula is C15H22F6O2. The van der Waals surface area contributed by atoms with Crippen LogP contribution in [0.4, 0.5) is 26.3 Å². The lowest BCUT2D eigenvalue weighted by Crippen LogP contribution is -2.76. The van der Waals surface area contributed by atoms with Crippen LogP contribution in [0.2, 0.25) is 0 Å². The van der Waals surface area contributed by atoms with Crippen molar-refractivity contribution >= 4 is 0 Å². The standard InChI is InChI=1S/C15H22F6O2/c1-10(2,11(22)6-4-3-5-7-11)12(23)8-9-13(16,17)15(20,21)14(12,18)19/h22-23H,3-9H2,1-2H3. The van der Waals surface area contributed by atoms with Crippen LogP contribution in [0.15, 0.2) is 0 Å². The first kappa shape index (κ1) is 18.8. The van der Waals surface area contributed by atoms with Gasteiger partial charge in [0.25, 0.3) is 0 Å². The summed E-state index contributed by atoms with van der Waals surface area (Å²) in [4.78, 5) is 0. The van der Waals surface area contributed by atoms with Crippen molar-refractivity contribution in [1.82, 2.24) is 0 Å². The SMILES string of the molecule is CC(C)(C1(O)CCCCC1)C1(O)CCC(F)(F)C(F)(F)C1(F)F. The summed E-state index contributed by atoms with van der Waals surface area (Å²) < 4.78 is 82.9. The molecule has 0 aromatic heterocycles. The molecule has 136 valence electrons. The number of alkyl halides is 6. The Bertz CT molecular complexity index is 471. The summed E-state index contributed by atoms with van der Waals surface area (Å²) in [6.07, 6.45) is -0.923. The van der Waals surface area contributed by atoms with Crippen molar-refractivity contribution in [1.29, 1.82) is 0 Å².